The number of carbonyl (C=O) groups excluding carboxylic acids is 1. The van der Waals surface area contributed by atoms with E-state index in [1.54, 1.807) is 26.0 Å². The molecule has 0 radical (unpaired) electrons. The number of rotatable bonds is 4. The summed E-state index contributed by atoms with van der Waals surface area (Å²) in [6.45, 7) is 3.32. The SMILES string of the molecule is CC(C)(C(=O)O)C1(NC(=O)c2cc3ccccc3o2)CCC1. The molecule has 0 unspecified atom stereocenters. The molecular weight excluding hydrogens is 282 g/mol. The summed E-state index contributed by atoms with van der Waals surface area (Å²) >= 11 is 0. The lowest BCUT2D eigenvalue weighted by atomic mass is 9.60. The Balaban J connectivity index is 1.88. The number of carbonyl (C=O) groups is 2. The first-order valence-electron chi connectivity index (χ1n) is 7.40. The Morgan fingerprint density at radius 1 is 1.27 bits per heavy atom. The maximum Gasteiger partial charge on any atom is 0.311 e. The van der Waals surface area contributed by atoms with Crippen LogP contribution in [0.4, 0.5) is 0 Å². The molecule has 1 saturated carbocycles. The lowest BCUT2D eigenvalue weighted by molar-refractivity contribution is -0.154. The van der Waals surface area contributed by atoms with Gasteiger partial charge in [-0.05, 0) is 45.2 Å². The zero-order chi connectivity index (χ0) is 16.0. The summed E-state index contributed by atoms with van der Waals surface area (Å²) in [4.78, 5) is 24.0. The minimum absolute atomic E-state index is 0.216. The number of hydrogen-bond donors (Lipinski definition) is 2. The fourth-order valence-corrected chi connectivity index (χ4v) is 3.01. The monoisotopic (exact) mass is 301 g/mol. The Labute approximate surface area is 128 Å². The number of benzene rings is 1. The van der Waals surface area contributed by atoms with Gasteiger partial charge in [-0.15, -0.1) is 0 Å². The van der Waals surface area contributed by atoms with Crippen LogP contribution in [0.15, 0.2) is 34.7 Å². The van der Waals surface area contributed by atoms with Crippen LogP contribution in [0.25, 0.3) is 11.0 Å². The predicted molar refractivity (Wildman–Crippen MR) is 81.7 cm³/mol. The van der Waals surface area contributed by atoms with E-state index in [9.17, 15) is 14.7 Å². The molecule has 2 aromatic rings. The van der Waals surface area contributed by atoms with E-state index in [0.717, 1.165) is 11.8 Å². The van der Waals surface area contributed by atoms with Crippen molar-refractivity contribution in [1.29, 1.82) is 0 Å². The lowest BCUT2D eigenvalue weighted by Gasteiger charge is -2.51. The van der Waals surface area contributed by atoms with Gasteiger partial charge < -0.3 is 14.8 Å². The summed E-state index contributed by atoms with van der Waals surface area (Å²) in [6, 6.07) is 9.07. The van der Waals surface area contributed by atoms with Crippen LogP contribution in [0.3, 0.4) is 0 Å². The molecule has 1 aromatic heterocycles. The highest BCUT2D eigenvalue weighted by atomic mass is 16.4. The molecule has 3 rings (SSSR count). The van der Waals surface area contributed by atoms with Crippen LogP contribution in [0, 0.1) is 5.41 Å². The van der Waals surface area contributed by atoms with E-state index in [1.807, 2.05) is 18.2 Å². The molecule has 0 spiro atoms. The van der Waals surface area contributed by atoms with Crippen molar-refractivity contribution in [2.75, 3.05) is 0 Å². The van der Waals surface area contributed by atoms with E-state index < -0.39 is 16.9 Å². The molecule has 0 bridgehead atoms. The lowest BCUT2D eigenvalue weighted by Crippen LogP contribution is -2.64. The Hall–Kier alpha value is -2.30. The van der Waals surface area contributed by atoms with Gasteiger partial charge in [0.1, 0.15) is 5.58 Å². The van der Waals surface area contributed by atoms with E-state index in [1.165, 1.54) is 0 Å². The number of nitrogens with one attached hydrogen (secondary N) is 1. The van der Waals surface area contributed by atoms with Crippen LogP contribution >= 0.6 is 0 Å². The minimum Gasteiger partial charge on any atom is -0.481 e. The van der Waals surface area contributed by atoms with E-state index >= 15 is 0 Å². The third-order valence-corrected chi connectivity index (χ3v) is 4.94. The fraction of sp³-hybridized carbons (Fsp3) is 0.412. The summed E-state index contributed by atoms with van der Waals surface area (Å²) in [5.41, 5.74) is -1.09. The molecule has 0 aliphatic heterocycles. The van der Waals surface area contributed by atoms with Crippen LogP contribution in [0.5, 0.6) is 0 Å². The van der Waals surface area contributed by atoms with Gasteiger partial charge in [0.15, 0.2) is 5.76 Å². The minimum atomic E-state index is -1.02. The highest BCUT2D eigenvalue weighted by molar-refractivity contribution is 5.97. The number of carboxylic acids is 1. The maximum atomic E-state index is 12.5. The second-order valence-corrected chi connectivity index (χ2v) is 6.47. The number of aliphatic carboxylic acids is 1. The number of hydrogen-bond acceptors (Lipinski definition) is 3. The summed E-state index contributed by atoms with van der Waals surface area (Å²) in [6.07, 6.45) is 2.24. The second kappa shape index (κ2) is 4.87. The summed E-state index contributed by atoms with van der Waals surface area (Å²) in [5, 5.41) is 13.2. The summed E-state index contributed by atoms with van der Waals surface area (Å²) in [7, 11) is 0. The van der Waals surface area contributed by atoms with Gasteiger partial charge >= 0.3 is 5.97 Å². The van der Waals surface area contributed by atoms with Crippen molar-refractivity contribution in [3.05, 3.63) is 36.1 Å². The largest absolute Gasteiger partial charge is 0.481 e. The zero-order valence-electron chi connectivity index (χ0n) is 12.7. The van der Waals surface area contributed by atoms with Crippen molar-refractivity contribution in [2.45, 2.75) is 38.6 Å². The van der Waals surface area contributed by atoms with Gasteiger partial charge in [-0.25, -0.2) is 0 Å². The van der Waals surface area contributed by atoms with Crippen LogP contribution in [0.2, 0.25) is 0 Å². The van der Waals surface area contributed by atoms with Crippen LogP contribution in [0.1, 0.15) is 43.7 Å². The number of carboxylic acid groups (broad SMARTS) is 1. The third-order valence-electron chi connectivity index (χ3n) is 4.94. The topological polar surface area (TPSA) is 79.5 Å². The standard InChI is InChI=1S/C17H19NO4/c1-16(2,15(20)21)17(8-5-9-17)18-14(19)13-10-11-6-3-4-7-12(11)22-13/h3-4,6-7,10H,5,8-9H2,1-2H3,(H,18,19)(H,20,21). The highest BCUT2D eigenvalue weighted by Crippen LogP contribution is 2.46. The van der Waals surface area contributed by atoms with E-state index in [2.05, 4.69) is 5.32 Å². The van der Waals surface area contributed by atoms with Crippen molar-refractivity contribution in [2.24, 2.45) is 5.41 Å². The average Bonchev–Trinajstić information content (AvgIpc) is 2.86. The van der Waals surface area contributed by atoms with Crippen molar-refractivity contribution in [1.82, 2.24) is 5.32 Å². The molecule has 1 fully saturated rings. The van der Waals surface area contributed by atoms with Gasteiger partial charge in [-0.1, -0.05) is 18.2 Å². The molecule has 1 aliphatic rings. The molecule has 0 atom stereocenters. The molecular formula is C17H19NO4. The van der Waals surface area contributed by atoms with Gasteiger partial charge in [0.05, 0.1) is 11.0 Å². The Morgan fingerprint density at radius 3 is 2.50 bits per heavy atom. The van der Waals surface area contributed by atoms with Crippen molar-refractivity contribution in [3.63, 3.8) is 0 Å². The number of furan rings is 1. The first-order valence-corrected chi connectivity index (χ1v) is 7.40. The number of para-hydroxylation sites is 1. The molecule has 116 valence electrons. The van der Waals surface area contributed by atoms with Gasteiger partial charge in [0, 0.05) is 5.39 Å². The average molecular weight is 301 g/mol. The Bertz CT molecular complexity index is 707. The van der Waals surface area contributed by atoms with E-state index in [0.29, 0.717) is 18.4 Å². The highest BCUT2D eigenvalue weighted by Gasteiger charge is 2.54. The van der Waals surface area contributed by atoms with Gasteiger partial charge in [0.25, 0.3) is 5.91 Å². The van der Waals surface area contributed by atoms with Gasteiger partial charge in [-0.2, -0.15) is 0 Å². The first kappa shape index (κ1) is 14.6. The van der Waals surface area contributed by atoms with Crippen LogP contribution < -0.4 is 5.32 Å². The van der Waals surface area contributed by atoms with Crippen LogP contribution in [-0.4, -0.2) is 22.5 Å². The summed E-state index contributed by atoms with van der Waals surface area (Å²) in [5.74, 6) is -1.05. The Morgan fingerprint density at radius 2 is 1.95 bits per heavy atom. The molecule has 5 nitrogen and oxygen atoms in total. The van der Waals surface area contributed by atoms with Crippen LogP contribution in [-0.2, 0) is 4.79 Å². The predicted octanol–water partition coefficient (Wildman–Crippen LogP) is 3.20. The maximum absolute atomic E-state index is 12.5. The third kappa shape index (κ3) is 2.08. The molecule has 2 N–H and O–H groups in total. The molecule has 1 aliphatic carbocycles. The number of amides is 1. The number of fused-ring (bicyclic) bond motifs is 1. The molecule has 1 amide bonds. The zero-order valence-corrected chi connectivity index (χ0v) is 12.7. The molecule has 1 aromatic carbocycles. The smallest absolute Gasteiger partial charge is 0.311 e. The fourth-order valence-electron chi connectivity index (χ4n) is 3.01. The molecule has 1 heterocycles. The van der Waals surface area contributed by atoms with E-state index in [4.69, 9.17) is 4.42 Å². The quantitative estimate of drug-likeness (QED) is 0.909. The Kier molecular flexibility index (Phi) is 3.24. The molecule has 0 saturated heterocycles. The van der Waals surface area contributed by atoms with Crippen molar-refractivity contribution < 1.29 is 19.1 Å². The second-order valence-electron chi connectivity index (χ2n) is 6.47. The molecule has 5 heteroatoms. The van der Waals surface area contributed by atoms with Crippen molar-refractivity contribution >= 4 is 22.8 Å². The van der Waals surface area contributed by atoms with Gasteiger partial charge in [0.2, 0.25) is 0 Å². The normalized spacial score (nSPS) is 17.0. The summed E-state index contributed by atoms with van der Waals surface area (Å²) < 4.78 is 5.56. The van der Waals surface area contributed by atoms with E-state index in [-0.39, 0.29) is 11.7 Å². The van der Waals surface area contributed by atoms with Crippen molar-refractivity contribution in [3.8, 4) is 0 Å². The molecule has 22 heavy (non-hydrogen) atoms. The first-order chi connectivity index (χ1) is 10.4. The van der Waals surface area contributed by atoms with Gasteiger partial charge in [-0.3, -0.25) is 9.59 Å².